The van der Waals surface area contributed by atoms with Crippen molar-refractivity contribution in [2.24, 2.45) is 17.1 Å². The van der Waals surface area contributed by atoms with Crippen LogP contribution in [0.5, 0.6) is 0 Å². The molecule has 1 aromatic rings. The summed E-state index contributed by atoms with van der Waals surface area (Å²) in [5.41, 5.74) is 5.18. The molecule has 0 bridgehead atoms. The van der Waals surface area contributed by atoms with E-state index in [1.807, 2.05) is 0 Å². The molecule has 0 saturated heterocycles. The van der Waals surface area contributed by atoms with E-state index in [4.69, 9.17) is 10.5 Å². The van der Waals surface area contributed by atoms with Crippen LogP contribution in [0.25, 0.3) is 0 Å². The van der Waals surface area contributed by atoms with Crippen molar-refractivity contribution in [1.82, 2.24) is 9.97 Å². The average Bonchev–Trinajstić information content (AvgIpc) is 3.22. The fraction of sp³-hybridized carbons (Fsp3) is 0.615. The van der Waals surface area contributed by atoms with Gasteiger partial charge >= 0.3 is 5.97 Å². The van der Waals surface area contributed by atoms with Crippen molar-refractivity contribution in [3.05, 3.63) is 24.3 Å². The van der Waals surface area contributed by atoms with Crippen LogP contribution in [0.2, 0.25) is 0 Å². The van der Waals surface area contributed by atoms with Crippen molar-refractivity contribution in [3.63, 3.8) is 0 Å². The van der Waals surface area contributed by atoms with Gasteiger partial charge in [-0.25, -0.2) is 9.97 Å². The van der Waals surface area contributed by atoms with Gasteiger partial charge in [0.05, 0.1) is 12.5 Å². The lowest BCUT2D eigenvalue weighted by atomic mass is 9.79. The van der Waals surface area contributed by atoms with Gasteiger partial charge in [0.2, 0.25) is 0 Å². The molecule has 1 atom stereocenters. The first-order valence-electron chi connectivity index (χ1n) is 6.24. The molecule has 2 rings (SSSR count). The second kappa shape index (κ2) is 5.44. The summed E-state index contributed by atoms with van der Waals surface area (Å²) >= 11 is 0. The summed E-state index contributed by atoms with van der Waals surface area (Å²) in [6, 6.07) is 1.76. The number of nitrogens with two attached hydrogens (primary N) is 1. The maximum Gasteiger partial charge on any atom is 0.313 e. The molecule has 1 fully saturated rings. The number of carbonyl (C=O) groups is 1. The Hall–Kier alpha value is -1.49. The van der Waals surface area contributed by atoms with Crippen molar-refractivity contribution in [2.45, 2.75) is 25.7 Å². The highest BCUT2D eigenvalue weighted by molar-refractivity contribution is 5.77. The average molecular weight is 249 g/mol. The Morgan fingerprint density at radius 1 is 1.50 bits per heavy atom. The number of hydrogen-bond donors (Lipinski definition) is 1. The molecule has 98 valence electrons. The minimum Gasteiger partial charge on any atom is -0.469 e. The summed E-state index contributed by atoms with van der Waals surface area (Å²) in [5.74, 6) is 0.995. The number of aromatic nitrogens is 2. The van der Waals surface area contributed by atoms with Gasteiger partial charge in [-0.05, 0) is 18.4 Å². The summed E-state index contributed by atoms with van der Waals surface area (Å²) in [6.45, 7) is 0.272. The summed E-state index contributed by atoms with van der Waals surface area (Å²) < 4.78 is 4.93. The molecule has 1 aromatic heterocycles. The molecule has 1 unspecified atom stereocenters. The molecule has 5 heteroatoms. The third-order valence-electron chi connectivity index (χ3n) is 3.50. The Bertz CT molecular complexity index is 406. The minimum atomic E-state index is -0.669. The Balaban J connectivity index is 2.19. The van der Waals surface area contributed by atoms with Crippen LogP contribution in [-0.4, -0.2) is 29.6 Å². The topological polar surface area (TPSA) is 78.1 Å². The molecule has 0 radical (unpaired) electrons. The van der Waals surface area contributed by atoms with E-state index in [1.165, 1.54) is 20.0 Å². The van der Waals surface area contributed by atoms with Crippen molar-refractivity contribution in [2.75, 3.05) is 13.7 Å². The quantitative estimate of drug-likeness (QED) is 0.759. The molecule has 0 amide bonds. The van der Waals surface area contributed by atoms with Crippen LogP contribution in [0.1, 0.15) is 25.1 Å². The fourth-order valence-electron chi connectivity index (χ4n) is 2.28. The van der Waals surface area contributed by atoms with Crippen LogP contribution in [0.3, 0.4) is 0 Å². The predicted octanol–water partition coefficient (Wildman–Crippen LogP) is 0.937. The summed E-state index contributed by atoms with van der Waals surface area (Å²) in [7, 11) is 1.41. The number of hydrogen-bond acceptors (Lipinski definition) is 5. The van der Waals surface area contributed by atoms with Gasteiger partial charge in [0.15, 0.2) is 0 Å². The second-order valence-corrected chi connectivity index (χ2v) is 4.97. The molecule has 1 aliphatic carbocycles. The van der Waals surface area contributed by atoms with Gasteiger partial charge in [-0.2, -0.15) is 0 Å². The van der Waals surface area contributed by atoms with Crippen molar-refractivity contribution in [3.8, 4) is 0 Å². The molecular weight excluding hydrogens is 230 g/mol. The second-order valence-electron chi connectivity index (χ2n) is 4.97. The fourth-order valence-corrected chi connectivity index (χ4v) is 2.28. The highest BCUT2D eigenvalue weighted by Crippen LogP contribution is 2.42. The largest absolute Gasteiger partial charge is 0.469 e. The van der Waals surface area contributed by atoms with Gasteiger partial charge in [-0.15, -0.1) is 0 Å². The lowest BCUT2D eigenvalue weighted by molar-refractivity contribution is -0.153. The van der Waals surface area contributed by atoms with E-state index in [0.29, 0.717) is 18.2 Å². The third-order valence-corrected chi connectivity index (χ3v) is 3.50. The standard InChI is InChI=1S/C13H19N3O2/c1-18-12(17)13(9-14,7-10-3-4-10)8-11-15-5-2-6-16-11/h2,5-6,10H,3-4,7-9,14H2,1H3. The van der Waals surface area contributed by atoms with Crippen LogP contribution in [-0.2, 0) is 16.0 Å². The van der Waals surface area contributed by atoms with Gasteiger partial charge in [-0.3, -0.25) is 4.79 Å². The van der Waals surface area contributed by atoms with Crippen LogP contribution < -0.4 is 5.73 Å². The molecular formula is C13H19N3O2. The van der Waals surface area contributed by atoms with Gasteiger partial charge in [-0.1, -0.05) is 12.8 Å². The smallest absolute Gasteiger partial charge is 0.313 e. The van der Waals surface area contributed by atoms with E-state index in [9.17, 15) is 4.79 Å². The maximum atomic E-state index is 12.1. The first-order chi connectivity index (χ1) is 8.70. The lowest BCUT2D eigenvalue weighted by Gasteiger charge is -2.28. The van der Waals surface area contributed by atoms with Crippen LogP contribution in [0, 0.1) is 11.3 Å². The van der Waals surface area contributed by atoms with Crippen LogP contribution in [0.4, 0.5) is 0 Å². The highest BCUT2D eigenvalue weighted by atomic mass is 16.5. The molecule has 0 aliphatic heterocycles. The van der Waals surface area contributed by atoms with E-state index in [-0.39, 0.29) is 12.5 Å². The first-order valence-corrected chi connectivity index (χ1v) is 6.24. The first kappa shape index (κ1) is 13.0. The normalized spacial score (nSPS) is 18.1. The minimum absolute atomic E-state index is 0.246. The monoisotopic (exact) mass is 249 g/mol. The summed E-state index contributed by atoms with van der Waals surface area (Å²) in [5, 5.41) is 0. The summed E-state index contributed by atoms with van der Waals surface area (Å²) in [4.78, 5) is 20.4. The zero-order chi connectivity index (χ0) is 13.0. The number of carbonyl (C=O) groups excluding carboxylic acids is 1. The number of esters is 1. The van der Waals surface area contributed by atoms with Gasteiger partial charge < -0.3 is 10.5 Å². The van der Waals surface area contributed by atoms with E-state index in [2.05, 4.69) is 9.97 Å². The molecule has 1 saturated carbocycles. The molecule has 18 heavy (non-hydrogen) atoms. The predicted molar refractivity (Wildman–Crippen MR) is 66.6 cm³/mol. The van der Waals surface area contributed by atoms with Crippen molar-refractivity contribution >= 4 is 5.97 Å². The Labute approximate surface area is 107 Å². The molecule has 5 nitrogen and oxygen atoms in total. The van der Waals surface area contributed by atoms with E-state index in [0.717, 1.165) is 6.42 Å². The number of nitrogens with zero attached hydrogens (tertiary/aromatic N) is 2. The highest BCUT2D eigenvalue weighted by Gasteiger charge is 2.43. The molecule has 1 heterocycles. The Kier molecular flexibility index (Phi) is 3.91. The molecule has 0 aromatic carbocycles. The van der Waals surface area contributed by atoms with E-state index >= 15 is 0 Å². The maximum absolute atomic E-state index is 12.1. The molecule has 1 aliphatic rings. The van der Waals surface area contributed by atoms with Gasteiger partial charge in [0, 0.05) is 25.4 Å². The Morgan fingerprint density at radius 2 is 2.17 bits per heavy atom. The van der Waals surface area contributed by atoms with Crippen LogP contribution >= 0.6 is 0 Å². The van der Waals surface area contributed by atoms with Gasteiger partial charge in [0.25, 0.3) is 0 Å². The van der Waals surface area contributed by atoms with Crippen molar-refractivity contribution < 1.29 is 9.53 Å². The molecule has 2 N–H and O–H groups in total. The number of ether oxygens (including phenoxy) is 1. The number of rotatable bonds is 6. The van der Waals surface area contributed by atoms with E-state index in [1.54, 1.807) is 18.5 Å². The SMILES string of the molecule is COC(=O)C(CN)(Cc1ncccn1)CC1CC1. The number of methoxy groups -OCH3 is 1. The van der Waals surface area contributed by atoms with Gasteiger partial charge in [0.1, 0.15) is 5.82 Å². The Morgan fingerprint density at radius 3 is 2.67 bits per heavy atom. The molecule has 0 spiro atoms. The third kappa shape index (κ3) is 2.85. The van der Waals surface area contributed by atoms with E-state index < -0.39 is 5.41 Å². The zero-order valence-electron chi connectivity index (χ0n) is 10.6. The zero-order valence-corrected chi connectivity index (χ0v) is 10.6. The lowest BCUT2D eigenvalue weighted by Crippen LogP contribution is -2.42. The van der Waals surface area contributed by atoms with Crippen LogP contribution in [0.15, 0.2) is 18.5 Å². The van der Waals surface area contributed by atoms with Crippen molar-refractivity contribution in [1.29, 1.82) is 0 Å². The summed E-state index contributed by atoms with van der Waals surface area (Å²) in [6.07, 6.45) is 6.93.